The van der Waals surface area contributed by atoms with Crippen molar-refractivity contribution in [3.63, 3.8) is 0 Å². The van der Waals surface area contributed by atoms with Gasteiger partial charge in [-0.2, -0.15) is 0 Å². The lowest BCUT2D eigenvalue weighted by Crippen LogP contribution is -2.35. The minimum absolute atomic E-state index is 0.169. The number of halogens is 1. The fourth-order valence-electron chi connectivity index (χ4n) is 3.10. The lowest BCUT2D eigenvalue weighted by atomic mass is 10.2. The summed E-state index contributed by atoms with van der Waals surface area (Å²) in [5.74, 6) is 1.23. The van der Waals surface area contributed by atoms with E-state index < -0.39 is 14.9 Å². The Labute approximate surface area is 189 Å². The number of nitro benzene ring substituents is 1. The maximum Gasteiger partial charge on any atom is 0.293 e. The fraction of sp³-hybridized carbons (Fsp3) is 0.143. The van der Waals surface area contributed by atoms with Gasteiger partial charge in [0.1, 0.15) is 18.4 Å². The maximum absolute atomic E-state index is 12.7. The van der Waals surface area contributed by atoms with Crippen molar-refractivity contribution in [1.82, 2.24) is 0 Å². The van der Waals surface area contributed by atoms with Gasteiger partial charge in [-0.3, -0.25) is 14.8 Å². The number of para-hydroxylation sites is 2. The summed E-state index contributed by atoms with van der Waals surface area (Å²) in [5.41, 5.74) is 0.0815. The third-order valence-electron chi connectivity index (χ3n) is 4.66. The number of rotatable bonds is 7. The van der Waals surface area contributed by atoms with Gasteiger partial charge in [-0.15, -0.1) is 0 Å². The molecule has 32 heavy (non-hydrogen) atoms. The van der Waals surface area contributed by atoms with Gasteiger partial charge in [-0.25, -0.2) is 8.42 Å². The summed E-state index contributed by atoms with van der Waals surface area (Å²) in [5, 5.41) is 15.0. The van der Waals surface area contributed by atoms with Crippen LogP contribution in [0.3, 0.4) is 0 Å². The van der Waals surface area contributed by atoms with Crippen molar-refractivity contribution in [1.29, 1.82) is 0 Å². The molecule has 9 nitrogen and oxygen atoms in total. The summed E-state index contributed by atoms with van der Waals surface area (Å²) in [7, 11) is -4.04. The first-order chi connectivity index (χ1) is 15.3. The van der Waals surface area contributed by atoms with Crippen molar-refractivity contribution in [2.24, 2.45) is 0 Å². The Morgan fingerprint density at radius 3 is 2.50 bits per heavy atom. The molecule has 2 N–H and O–H groups in total. The van der Waals surface area contributed by atoms with Crippen LogP contribution in [0.25, 0.3) is 0 Å². The Morgan fingerprint density at radius 2 is 1.78 bits per heavy atom. The quantitative estimate of drug-likeness (QED) is 0.386. The van der Waals surface area contributed by atoms with Crippen molar-refractivity contribution in [2.45, 2.75) is 11.0 Å². The molecular formula is C21H18ClN3O6S. The molecule has 0 bridgehead atoms. The van der Waals surface area contributed by atoms with Gasteiger partial charge >= 0.3 is 0 Å². The van der Waals surface area contributed by atoms with Crippen LogP contribution in [-0.2, 0) is 10.0 Å². The normalized spacial score (nSPS) is 15.1. The highest BCUT2D eigenvalue weighted by atomic mass is 35.5. The SMILES string of the molecule is O=[N+]([O-])c1cc(S(=O)(=O)Nc2ccc(Cl)cc2)ccc1NC[C@H]1COc2ccccc2O1. The number of nitro groups is 1. The van der Waals surface area contributed by atoms with Crippen molar-refractivity contribution in [3.05, 3.63) is 81.9 Å². The highest BCUT2D eigenvalue weighted by Crippen LogP contribution is 2.32. The van der Waals surface area contributed by atoms with Crippen LogP contribution >= 0.6 is 11.6 Å². The Morgan fingerprint density at radius 1 is 1.06 bits per heavy atom. The minimum Gasteiger partial charge on any atom is -0.486 e. The third-order valence-corrected chi connectivity index (χ3v) is 6.29. The van der Waals surface area contributed by atoms with Gasteiger partial charge in [0.25, 0.3) is 15.7 Å². The fourth-order valence-corrected chi connectivity index (χ4v) is 4.30. The molecular weight excluding hydrogens is 458 g/mol. The van der Waals surface area contributed by atoms with E-state index >= 15 is 0 Å². The molecule has 0 fully saturated rings. The van der Waals surface area contributed by atoms with Crippen LogP contribution in [-0.4, -0.2) is 32.6 Å². The first-order valence-electron chi connectivity index (χ1n) is 9.51. The van der Waals surface area contributed by atoms with Crippen LogP contribution in [0.1, 0.15) is 0 Å². The van der Waals surface area contributed by atoms with Crippen LogP contribution in [0.4, 0.5) is 17.1 Å². The molecule has 4 rings (SSSR count). The Kier molecular flexibility index (Phi) is 6.06. The van der Waals surface area contributed by atoms with Crippen molar-refractivity contribution >= 4 is 38.7 Å². The lowest BCUT2D eigenvalue weighted by Gasteiger charge is -2.26. The summed E-state index contributed by atoms with van der Waals surface area (Å²) in [6.45, 7) is 0.500. The number of nitrogens with zero attached hydrogens (tertiary/aromatic N) is 1. The van der Waals surface area contributed by atoms with E-state index in [1.165, 1.54) is 36.4 Å². The second-order valence-corrected chi connectivity index (χ2v) is 9.05. The number of hydrogen-bond donors (Lipinski definition) is 2. The number of ether oxygens (including phenoxy) is 2. The predicted molar refractivity (Wildman–Crippen MR) is 120 cm³/mol. The lowest BCUT2D eigenvalue weighted by molar-refractivity contribution is -0.384. The summed E-state index contributed by atoms with van der Waals surface area (Å²) in [4.78, 5) is 10.7. The zero-order valence-electron chi connectivity index (χ0n) is 16.5. The van der Waals surface area contributed by atoms with E-state index in [2.05, 4.69) is 10.0 Å². The van der Waals surface area contributed by atoms with E-state index in [1.54, 1.807) is 12.1 Å². The van der Waals surface area contributed by atoms with Crippen LogP contribution in [0.5, 0.6) is 11.5 Å². The molecule has 0 aromatic heterocycles. The molecule has 3 aromatic rings. The van der Waals surface area contributed by atoms with Crippen LogP contribution in [0.2, 0.25) is 5.02 Å². The maximum atomic E-state index is 12.7. The Hall–Kier alpha value is -3.50. The predicted octanol–water partition coefficient (Wildman–Crippen LogP) is 4.30. The molecule has 1 atom stereocenters. The molecule has 1 aliphatic heterocycles. The van der Waals surface area contributed by atoms with E-state index in [0.717, 1.165) is 6.07 Å². The van der Waals surface area contributed by atoms with Crippen LogP contribution in [0.15, 0.2) is 71.6 Å². The number of benzene rings is 3. The second kappa shape index (κ2) is 8.93. The molecule has 0 amide bonds. The largest absolute Gasteiger partial charge is 0.486 e. The molecule has 11 heteroatoms. The average molecular weight is 476 g/mol. The molecule has 0 spiro atoms. The summed E-state index contributed by atoms with van der Waals surface area (Å²) >= 11 is 5.81. The molecule has 0 unspecified atom stereocenters. The Balaban J connectivity index is 1.49. The summed E-state index contributed by atoms with van der Waals surface area (Å²) in [6.07, 6.45) is -0.375. The van der Waals surface area contributed by atoms with Gasteiger partial charge in [0, 0.05) is 16.8 Å². The Bertz CT molecular complexity index is 1250. The van der Waals surface area contributed by atoms with E-state index in [-0.39, 0.29) is 41.2 Å². The minimum atomic E-state index is -4.04. The first kappa shape index (κ1) is 21.7. The molecule has 0 aliphatic carbocycles. The van der Waals surface area contributed by atoms with Gasteiger partial charge < -0.3 is 14.8 Å². The zero-order valence-corrected chi connectivity index (χ0v) is 18.1. The molecule has 1 heterocycles. The van der Waals surface area contributed by atoms with Crippen LogP contribution in [0, 0.1) is 10.1 Å². The van der Waals surface area contributed by atoms with E-state index in [9.17, 15) is 18.5 Å². The molecule has 0 saturated carbocycles. The molecule has 166 valence electrons. The first-order valence-corrected chi connectivity index (χ1v) is 11.4. The van der Waals surface area contributed by atoms with Crippen molar-refractivity contribution in [3.8, 4) is 11.5 Å². The van der Waals surface area contributed by atoms with Gasteiger partial charge in [0.05, 0.1) is 16.4 Å². The smallest absolute Gasteiger partial charge is 0.293 e. The molecule has 1 aliphatic rings. The number of sulfonamides is 1. The van der Waals surface area contributed by atoms with Gasteiger partial charge in [-0.1, -0.05) is 23.7 Å². The van der Waals surface area contributed by atoms with E-state index in [4.69, 9.17) is 21.1 Å². The second-order valence-electron chi connectivity index (χ2n) is 6.93. The average Bonchev–Trinajstić information content (AvgIpc) is 2.78. The van der Waals surface area contributed by atoms with Crippen molar-refractivity contribution < 1.29 is 22.8 Å². The van der Waals surface area contributed by atoms with E-state index in [0.29, 0.717) is 16.5 Å². The van der Waals surface area contributed by atoms with Gasteiger partial charge in [0.15, 0.2) is 11.5 Å². The van der Waals surface area contributed by atoms with Gasteiger partial charge in [0.2, 0.25) is 0 Å². The highest BCUT2D eigenvalue weighted by molar-refractivity contribution is 7.92. The third kappa shape index (κ3) is 4.87. The molecule has 0 radical (unpaired) electrons. The number of anilines is 2. The van der Waals surface area contributed by atoms with Crippen molar-refractivity contribution in [2.75, 3.05) is 23.2 Å². The number of nitrogens with one attached hydrogen (secondary N) is 2. The molecule has 3 aromatic carbocycles. The highest BCUT2D eigenvalue weighted by Gasteiger charge is 2.24. The standard InChI is InChI=1S/C21H18ClN3O6S/c22-14-5-7-15(8-6-14)24-32(28,29)17-9-10-18(19(11-17)25(26)27)23-12-16-13-30-20-3-1-2-4-21(20)31-16/h1-11,16,23-24H,12-13H2/t16-/m0/s1. The van der Waals surface area contributed by atoms with E-state index in [1.807, 2.05) is 12.1 Å². The van der Waals surface area contributed by atoms with Gasteiger partial charge in [-0.05, 0) is 48.5 Å². The summed E-state index contributed by atoms with van der Waals surface area (Å²) in [6, 6.07) is 16.9. The topological polar surface area (TPSA) is 120 Å². The zero-order chi connectivity index (χ0) is 22.7. The summed E-state index contributed by atoms with van der Waals surface area (Å²) < 4.78 is 39.2. The monoisotopic (exact) mass is 475 g/mol. The van der Waals surface area contributed by atoms with Crippen LogP contribution < -0.4 is 19.5 Å². The molecule has 0 saturated heterocycles. The number of hydrogen-bond acceptors (Lipinski definition) is 7. The number of fused-ring (bicyclic) bond motifs is 1.